The molecule has 0 fully saturated rings. The van der Waals surface area contributed by atoms with Crippen molar-refractivity contribution >= 4 is 5.96 Å². The summed E-state index contributed by atoms with van der Waals surface area (Å²) in [6.07, 6.45) is 0. The van der Waals surface area contributed by atoms with E-state index >= 15 is 0 Å². The maximum Gasteiger partial charge on any atom is 0.191 e. The van der Waals surface area contributed by atoms with E-state index < -0.39 is 11.6 Å². The van der Waals surface area contributed by atoms with Gasteiger partial charge in [-0.3, -0.25) is 0 Å². The van der Waals surface area contributed by atoms with E-state index in [1.165, 1.54) is 12.1 Å². The predicted molar refractivity (Wildman–Crippen MR) is 98.2 cm³/mol. The van der Waals surface area contributed by atoms with Crippen molar-refractivity contribution in [1.29, 1.82) is 0 Å². The molecule has 0 saturated carbocycles. The molecule has 2 aromatic rings. The van der Waals surface area contributed by atoms with Crippen LogP contribution < -0.4 is 10.6 Å². The van der Waals surface area contributed by atoms with E-state index in [1.54, 1.807) is 0 Å². The third-order valence-corrected chi connectivity index (χ3v) is 3.98. The Bertz CT molecular complexity index is 743. The third kappa shape index (κ3) is 5.54. The Kier molecular flexibility index (Phi) is 7.12. The molecule has 0 aliphatic carbocycles. The highest BCUT2D eigenvalue weighted by molar-refractivity contribution is 5.79. The molecule has 0 aliphatic heterocycles. The van der Waals surface area contributed by atoms with Gasteiger partial charge in [0.1, 0.15) is 18.2 Å². The second-order valence-corrected chi connectivity index (χ2v) is 6.52. The van der Waals surface area contributed by atoms with Crippen LogP contribution in [0.4, 0.5) is 8.78 Å². The lowest BCUT2D eigenvalue weighted by Crippen LogP contribution is -2.39. The molecule has 0 radical (unpaired) electrons. The topological polar surface area (TPSA) is 62.5 Å². The fourth-order valence-corrected chi connectivity index (χ4v) is 2.44. The number of hydrogen-bond donors (Lipinski definition) is 2. The number of nitrogens with one attached hydrogen (secondary N) is 2. The lowest BCUT2D eigenvalue weighted by molar-refractivity contribution is 0.376. The van der Waals surface area contributed by atoms with E-state index in [4.69, 9.17) is 4.52 Å². The Labute approximate surface area is 152 Å². The first kappa shape index (κ1) is 19.9. The second-order valence-electron chi connectivity index (χ2n) is 6.52. The summed E-state index contributed by atoms with van der Waals surface area (Å²) in [7, 11) is 0. The van der Waals surface area contributed by atoms with Gasteiger partial charge in [0, 0.05) is 31.1 Å². The second kappa shape index (κ2) is 9.31. The fourth-order valence-electron chi connectivity index (χ4n) is 2.44. The minimum atomic E-state index is -0.575. The van der Waals surface area contributed by atoms with Gasteiger partial charge in [-0.2, -0.15) is 0 Å². The first-order chi connectivity index (χ1) is 12.4. The van der Waals surface area contributed by atoms with Crippen molar-refractivity contribution in [3.63, 3.8) is 0 Å². The Hall–Kier alpha value is -2.44. The van der Waals surface area contributed by atoms with Gasteiger partial charge in [0.15, 0.2) is 11.7 Å². The van der Waals surface area contributed by atoms with Crippen LogP contribution in [0.3, 0.4) is 0 Å². The lowest BCUT2D eigenvalue weighted by Gasteiger charge is -2.16. The van der Waals surface area contributed by atoms with Crippen LogP contribution in [-0.4, -0.2) is 24.2 Å². The quantitative estimate of drug-likeness (QED) is 0.577. The molecular weight excluding hydrogens is 338 g/mol. The SMILES string of the molecule is CCNC(=NCc1cc(C(C)C)no1)NCC(C)c1ccc(F)cc1F. The minimum Gasteiger partial charge on any atom is -0.359 e. The van der Waals surface area contributed by atoms with Gasteiger partial charge in [0.2, 0.25) is 0 Å². The summed E-state index contributed by atoms with van der Waals surface area (Å²) in [5.41, 5.74) is 1.36. The van der Waals surface area contributed by atoms with Gasteiger partial charge in [-0.25, -0.2) is 13.8 Å². The van der Waals surface area contributed by atoms with Crippen molar-refractivity contribution in [1.82, 2.24) is 15.8 Å². The molecule has 0 amide bonds. The van der Waals surface area contributed by atoms with E-state index in [-0.39, 0.29) is 5.92 Å². The van der Waals surface area contributed by atoms with E-state index in [2.05, 4.69) is 20.8 Å². The van der Waals surface area contributed by atoms with Gasteiger partial charge >= 0.3 is 0 Å². The number of aromatic nitrogens is 1. The van der Waals surface area contributed by atoms with Crippen molar-refractivity contribution in [2.24, 2.45) is 4.99 Å². The lowest BCUT2D eigenvalue weighted by atomic mass is 10.0. The molecule has 1 aromatic heterocycles. The molecule has 0 spiro atoms. The van der Waals surface area contributed by atoms with E-state index in [1.807, 2.05) is 33.8 Å². The fraction of sp³-hybridized carbons (Fsp3) is 0.474. The Morgan fingerprint density at radius 2 is 1.96 bits per heavy atom. The van der Waals surface area contributed by atoms with Crippen LogP contribution in [-0.2, 0) is 6.54 Å². The van der Waals surface area contributed by atoms with E-state index in [9.17, 15) is 8.78 Å². The van der Waals surface area contributed by atoms with Crippen LogP contribution in [0, 0.1) is 11.6 Å². The van der Waals surface area contributed by atoms with Gasteiger partial charge in [-0.1, -0.05) is 32.0 Å². The summed E-state index contributed by atoms with van der Waals surface area (Å²) < 4.78 is 32.2. The normalized spacial score (nSPS) is 13.1. The first-order valence-corrected chi connectivity index (χ1v) is 8.83. The van der Waals surface area contributed by atoms with Crippen molar-refractivity contribution in [3.05, 3.63) is 52.9 Å². The molecule has 2 N–H and O–H groups in total. The number of halogens is 2. The van der Waals surface area contributed by atoms with Crippen molar-refractivity contribution < 1.29 is 13.3 Å². The van der Waals surface area contributed by atoms with Crippen LogP contribution >= 0.6 is 0 Å². The number of aliphatic imine (C=N–C) groups is 1. The molecule has 2 rings (SSSR count). The number of rotatable bonds is 7. The standard InChI is InChI=1S/C19H26F2N4O/c1-5-22-19(24-11-15-9-18(12(2)3)25-26-15)23-10-13(4)16-7-6-14(20)8-17(16)21/h6-9,12-13H,5,10-11H2,1-4H3,(H2,22,23,24). The zero-order valence-electron chi connectivity index (χ0n) is 15.6. The predicted octanol–water partition coefficient (Wildman–Crippen LogP) is 3.94. The van der Waals surface area contributed by atoms with Crippen LogP contribution in [0.1, 0.15) is 56.5 Å². The molecule has 142 valence electrons. The monoisotopic (exact) mass is 364 g/mol. The molecule has 5 nitrogen and oxygen atoms in total. The molecule has 7 heteroatoms. The van der Waals surface area contributed by atoms with Crippen LogP contribution in [0.2, 0.25) is 0 Å². The van der Waals surface area contributed by atoms with Gasteiger partial charge in [-0.15, -0.1) is 0 Å². The minimum absolute atomic E-state index is 0.141. The van der Waals surface area contributed by atoms with Gasteiger partial charge < -0.3 is 15.2 Å². The molecule has 1 aromatic carbocycles. The summed E-state index contributed by atoms with van der Waals surface area (Å²) >= 11 is 0. The van der Waals surface area contributed by atoms with Crippen LogP contribution in [0.25, 0.3) is 0 Å². The highest BCUT2D eigenvalue weighted by atomic mass is 19.1. The average molecular weight is 364 g/mol. The maximum absolute atomic E-state index is 13.9. The number of nitrogens with zero attached hydrogens (tertiary/aromatic N) is 2. The van der Waals surface area contributed by atoms with Gasteiger partial charge in [0.25, 0.3) is 0 Å². The molecule has 26 heavy (non-hydrogen) atoms. The Morgan fingerprint density at radius 1 is 1.19 bits per heavy atom. The van der Waals surface area contributed by atoms with Crippen LogP contribution in [0.5, 0.6) is 0 Å². The summed E-state index contributed by atoms with van der Waals surface area (Å²) in [5.74, 6) is 0.331. The summed E-state index contributed by atoms with van der Waals surface area (Å²) in [6, 6.07) is 5.54. The average Bonchev–Trinajstić information content (AvgIpc) is 3.06. The van der Waals surface area contributed by atoms with Crippen molar-refractivity contribution in [3.8, 4) is 0 Å². The summed E-state index contributed by atoms with van der Waals surface area (Å²) in [4.78, 5) is 4.47. The van der Waals surface area contributed by atoms with E-state index in [0.717, 1.165) is 11.8 Å². The largest absolute Gasteiger partial charge is 0.359 e. The Morgan fingerprint density at radius 3 is 2.58 bits per heavy atom. The number of guanidine groups is 1. The van der Waals surface area contributed by atoms with E-state index in [0.29, 0.717) is 42.8 Å². The highest BCUT2D eigenvalue weighted by Gasteiger charge is 2.13. The molecule has 1 heterocycles. The maximum atomic E-state index is 13.9. The van der Waals surface area contributed by atoms with Crippen molar-refractivity contribution in [2.75, 3.05) is 13.1 Å². The van der Waals surface area contributed by atoms with Crippen molar-refractivity contribution in [2.45, 2.75) is 46.1 Å². The zero-order valence-corrected chi connectivity index (χ0v) is 15.6. The summed E-state index contributed by atoms with van der Waals surface area (Å²) in [6.45, 7) is 9.44. The number of benzene rings is 1. The van der Waals surface area contributed by atoms with Gasteiger partial charge in [-0.05, 0) is 24.5 Å². The van der Waals surface area contributed by atoms with Gasteiger partial charge in [0.05, 0.1) is 5.69 Å². The third-order valence-electron chi connectivity index (χ3n) is 3.98. The molecule has 1 unspecified atom stereocenters. The van der Waals surface area contributed by atoms with Crippen LogP contribution in [0.15, 0.2) is 33.8 Å². The number of hydrogen-bond acceptors (Lipinski definition) is 3. The Balaban J connectivity index is 1.97. The smallest absolute Gasteiger partial charge is 0.191 e. The summed E-state index contributed by atoms with van der Waals surface area (Å²) in [5, 5.41) is 10.3. The molecule has 1 atom stereocenters. The molecule has 0 bridgehead atoms. The molecule has 0 saturated heterocycles. The molecular formula is C19H26F2N4O. The highest BCUT2D eigenvalue weighted by Crippen LogP contribution is 2.19. The zero-order chi connectivity index (χ0) is 19.1. The molecule has 0 aliphatic rings. The first-order valence-electron chi connectivity index (χ1n) is 8.83.